The first-order valence-corrected chi connectivity index (χ1v) is 6.55. The highest BCUT2D eigenvalue weighted by molar-refractivity contribution is 5.74. The van der Waals surface area contributed by atoms with Crippen LogP contribution < -0.4 is 5.32 Å². The van der Waals surface area contributed by atoms with Crippen LogP contribution in [0.2, 0.25) is 0 Å². The van der Waals surface area contributed by atoms with Crippen molar-refractivity contribution in [1.82, 2.24) is 14.9 Å². The molecule has 2 N–H and O–H groups in total. The molecule has 5 heteroatoms. The number of hydrogen-bond acceptors (Lipinski definition) is 3. The molecule has 1 aromatic heterocycles. The van der Waals surface area contributed by atoms with Gasteiger partial charge in [-0.1, -0.05) is 20.8 Å². The van der Waals surface area contributed by atoms with Gasteiger partial charge in [0.05, 0.1) is 18.1 Å². The number of imidazole rings is 1. The van der Waals surface area contributed by atoms with Gasteiger partial charge < -0.3 is 9.67 Å². The van der Waals surface area contributed by atoms with Crippen molar-refractivity contribution in [3.05, 3.63) is 17.7 Å². The number of nitrogens with zero attached hydrogens (tertiary/aromatic N) is 2. The number of aromatic nitrogens is 2. The molecule has 2 rings (SSSR count). The molecule has 0 saturated heterocycles. The Morgan fingerprint density at radius 1 is 1.67 bits per heavy atom. The minimum absolute atomic E-state index is 0.0586. The average molecular weight is 251 g/mol. The Kier molecular flexibility index (Phi) is 3.71. The molecule has 0 fully saturated rings. The van der Waals surface area contributed by atoms with Gasteiger partial charge in [0.2, 0.25) is 0 Å². The zero-order chi connectivity index (χ0) is 13.3. The van der Waals surface area contributed by atoms with Crippen molar-refractivity contribution in [2.24, 2.45) is 5.92 Å². The lowest BCUT2D eigenvalue weighted by atomic mass is 9.97. The highest BCUT2D eigenvalue weighted by Crippen LogP contribution is 2.27. The maximum Gasteiger partial charge on any atom is 0.321 e. The summed E-state index contributed by atoms with van der Waals surface area (Å²) in [6.07, 6.45) is 3.22. The molecule has 2 atom stereocenters. The third-order valence-corrected chi connectivity index (χ3v) is 3.38. The van der Waals surface area contributed by atoms with E-state index in [0.29, 0.717) is 12.3 Å². The van der Waals surface area contributed by atoms with Gasteiger partial charge in [-0.2, -0.15) is 0 Å². The Labute approximate surface area is 107 Å². The molecule has 5 nitrogen and oxygen atoms in total. The number of carboxylic acids is 1. The van der Waals surface area contributed by atoms with E-state index < -0.39 is 12.0 Å². The van der Waals surface area contributed by atoms with Crippen LogP contribution in [0, 0.1) is 5.92 Å². The molecule has 0 spiro atoms. The Bertz CT molecular complexity index is 439. The molecular formula is C13H21N3O2. The van der Waals surface area contributed by atoms with Crippen LogP contribution in [-0.4, -0.2) is 26.7 Å². The second-order valence-corrected chi connectivity index (χ2v) is 5.35. The maximum absolute atomic E-state index is 11.2. The molecular weight excluding hydrogens is 230 g/mol. The summed E-state index contributed by atoms with van der Waals surface area (Å²) >= 11 is 0. The summed E-state index contributed by atoms with van der Waals surface area (Å²) in [6.45, 7) is 7.25. The van der Waals surface area contributed by atoms with Crippen molar-refractivity contribution in [1.29, 1.82) is 0 Å². The zero-order valence-electron chi connectivity index (χ0n) is 11.2. The molecule has 1 aromatic rings. The Morgan fingerprint density at radius 2 is 2.39 bits per heavy atom. The van der Waals surface area contributed by atoms with Crippen molar-refractivity contribution >= 4 is 5.97 Å². The van der Waals surface area contributed by atoms with E-state index in [-0.39, 0.29) is 6.04 Å². The molecule has 2 unspecified atom stereocenters. The van der Waals surface area contributed by atoms with Crippen LogP contribution in [0.1, 0.15) is 44.6 Å². The van der Waals surface area contributed by atoms with E-state index in [4.69, 9.17) is 0 Å². The number of carbonyl (C=O) groups is 1. The summed E-state index contributed by atoms with van der Waals surface area (Å²) in [5.41, 5.74) is 2.11. The van der Waals surface area contributed by atoms with E-state index >= 15 is 0 Å². The van der Waals surface area contributed by atoms with Gasteiger partial charge in [-0.3, -0.25) is 10.1 Å². The van der Waals surface area contributed by atoms with Crippen molar-refractivity contribution in [3.8, 4) is 0 Å². The maximum atomic E-state index is 11.2. The summed E-state index contributed by atoms with van der Waals surface area (Å²) in [7, 11) is 0. The van der Waals surface area contributed by atoms with Crippen LogP contribution in [0.15, 0.2) is 6.33 Å². The van der Waals surface area contributed by atoms with Gasteiger partial charge in [0.15, 0.2) is 0 Å². The van der Waals surface area contributed by atoms with Crippen molar-refractivity contribution < 1.29 is 9.90 Å². The first-order valence-electron chi connectivity index (χ1n) is 6.55. The van der Waals surface area contributed by atoms with E-state index in [0.717, 1.165) is 24.4 Å². The third-order valence-electron chi connectivity index (χ3n) is 3.38. The smallest absolute Gasteiger partial charge is 0.321 e. The summed E-state index contributed by atoms with van der Waals surface area (Å²) in [5.74, 6) is -0.252. The fourth-order valence-corrected chi connectivity index (χ4v) is 2.53. The van der Waals surface area contributed by atoms with E-state index in [1.165, 1.54) is 0 Å². The highest BCUT2D eigenvalue weighted by atomic mass is 16.4. The lowest BCUT2D eigenvalue weighted by Gasteiger charge is -2.28. The number of hydrogen-bond donors (Lipinski definition) is 2. The Balaban J connectivity index is 2.31. The van der Waals surface area contributed by atoms with Crippen molar-refractivity contribution in [3.63, 3.8) is 0 Å². The average Bonchev–Trinajstić information content (AvgIpc) is 2.70. The highest BCUT2D eigenvalue weighted by Gasteiger charge is 2.32. The van der Waals surface area contributed by atoms with Crippen LogP contribution in [0.3, 0.4) is 0 Å². The van der Waals surface area contributed by atoms with Gasteiger partial charge in [0.25, 0.3) is 0 Å². The zero-order valence-corrected chi connectivity index (χ0v) is 11.2. The molecule has 18 heavy (non-hydrogen) atoms. The number of aliphatic carboxylic acids is 1. The number of rotatable bonds is 4. The number of fused-ring (bicyclic) bond motifs is 1. The molecule has 0 amide bonds. The van der Waals surface area contributed by atoms with Gasteiger partial charge in [0.1, 0.15) is 6.04 Å². The molecule has 0 bridgehead atoms. The quantitative estimate of drug-likeness (QED) is 0.852. The normalized spacial score (nSPS) is 23.1. The molecule has 100 valence electrons. The van der Waals surface area contributed by atoms with Gasteiger partial charge in [-0.15, -0.1) is 0 Å². The van der Waals surface area contributed by atoms with E-state index in [1.807, 2.05) is 13.3 Å². The molecule has 0 saturated carbocycles. The SMILES string of the molecule is CCC1NC(C(=O)O)Cc2c1ncn2CC(C)C. The fraction of sp³-hybridized carbons (Fsp3) is 0.692. The van der Waals surface area contributed by atoms with E-state index in [9.17, 15) is 9.90 Å². The summed E-state index contributed by atoms with van der Waals surface area (Å²) in [5, 5.41) is 12.3. The lowest BCUT2D eigenvalue weighted by molar-refractivity contribution is -0.139. The second-order valence-electron chi connectivity index (χ2n) is 5.35. The largest absolute Gasteiger partial charge is 0.480 e. The molecule has 1 aliphatic rings. The van der Waals surface area contributed by atoms with E-state index in [2.05, 4.69) is 28.7 Å². The second kappa shape index (κ2) is 5.10. The summed E-state index contributed by atoms with van der Waals surface area (Å²) < 4.78 is 2.11. The van der Waals surface area contributed by atoms with Crippen molar-refractivity contribution in [2.45, 2.75) is 52.2 Å². The topological polar surface area (TPSA) is 67.2 Å². The standard InChI is InChI=1S/C13H21N3O2/c1-4-9-12-11(5-10(15-9)13(17)18)16(7-14-12)6-8(2)3/h7-10,15H,4-6H2,1-3H3,(H,17,18). The Morgan fingerprint density at radius 3 is 2.94 bits per heavy atom. The van der Waals surface area contributed by atoms with Crippen LogP contribution in [0.25, 0.3) is 0 Å². The molecule has 0 aliphatic carbocycles. The summed E-state index contributed by atoms with van der Waals surface area (Å²) in [4.78, 5) is 15.7. The van der Waals surface area contributed by atoms with Gasteiger partial charge in [0, 0.05) is 18.7 Å². The molecule has 1 aliphatic heterocycles. The van der Waals surface area contributed by atoms with Gasteiger partial charge >= 0.3 is 5.97 Å². The number of nitrogens with one attached hydrogen (secondary N) is 1. The van der Waals surface area contributed by atoms with Crippen LogP contribution in [0.5, 0.6) is 0 Å². The van der Waals surface area contributed by atoms with E-state index in [1.54, 1.807) is 0 Å². The molecule has 0 aromatic carbocycles. The first kappa shape index (κ1) is 13.1. The van der Waals surface area contributed by atoms with Crippen LogP contribution >= 0.6 is 0 Å². The third kappa shape index (κ3) is 2.41. The lowest BCUT2D eigenvalue weighted by Crippen LogP contribution is -2.45. The predicted molar refractivity (Wildman–Crippen MR) is 68.4 cm³/mol. The minimum atomic E-state index is -0.781. The fourth-order valence-electron chi connectivity index (χ4n) is 2.53. The van der Waals surface area contributed by atoms with Crippen LogP contribution in [-0.2, 0) is 17.8 Å². The summed E-state index contributed by atoms with van der Waals surface area (Å²) in [6, 6.07) is -0.437. The molecule has 2 heterocycles. The minimum Gasteiger partial charge on any atom is -0.480 e. The first-order chi connectivity index (χ1) is 8.52. The number of carboxylic acid groups (broad SMARTS) is 1. The van der Waals surface area contributed by atoms with Crippen LogP contribution in [0.4, 0.5) is 0 Å². The van der Waals surface area contributed by atoms with Gasteiger partial charge in [-0.25, -0.2) is 4.98 Å². The van der Waals surface area contributed by atoms with Gasteiger partial charge in [-0.05, 0) is 12.3 Å². The molecule has 0 radical (unpaired) electrons. The predicted octanol–water partition coefficient (Wildman–Crippen LogP) is 1.59. The Hall–Kier alpha value is -1.36. The van der Waals surface area contributed by atoms with Crippen molar-refractivity contribution in [2.75, 3.05) is 0 Å². The monoisotopic (exact) mass is 251 g/mol.